The zero-order valence-corrected chi connectivity index (χ0v) is 13.5. The Balaban J connectivity index is 2.00. The molecule has 5 nitrogen and oxygen atoms in total. The summed E-state index contributed by atoms with van der Waals surface area (Å²) in [5.41, 5.74) is 1.63. The van der Waals surface area contributed by atoms with Crippen molar-refractivity contribution in [3.63, 3.8) is 0 Å². The Hall–Kier alpha value is -1.40. The van der Waals surface area contributed by atoms with Crippen LogP contribution in [0.3, 0.4) is 0 Å². The molecule has 1 heterocycles. The number of amides is 1. The van der Waals surface area contributed by atoms with E-state index in [0.29, 0.717) is 12.2 Å². The lowest BCUT2D eigenvalue weighted by Crippen LogP contribution is -2.25. The molecule has 0 aliphatic carbocycles. The summed E-state index contributed by atoms with van der Waals surface area (Å²) in [5.74, 6) is -0.0994. The zero-order chi connectivity index (χ0) is 15.7. The molecule has 0 bridgehead atoms. The minimum absolute atomic E-state index is 0.0994. The van der Waals surface area contributed by atoms with Crippen molar-refractivity contribution in [2.24, 2.45) is 5.41 Å². The van der Waals surface area contributed by atoms with Gasteiger partial charge in [-0.25, -0.2) is 13.1 Å². The predicted molar refractivity (Wildman–Crippen MR) is 82.7 cm³/mol. The molecule has 0 saturated carbocycles. The van der Waals surface area contributed by atoms with Gasteiger partial charge in [-0.3, -0.25) is 4.79 Å². The van der Waals surface area contributed by atoms with Gasteiger partial charge in [0.2, 0.25) is 15.9 Å². The Labute approximate surface area is 126 Å². The van der Waals surface area contributed by atoms with Crippen molar-refractivity contribution in [1.82, 2.24) is 4.72 Å². The summed E-state index contributed by atoms with van der Waals surface area (Å²) in [6.07, 6.45) is 1.99. The lowest BCUT2D eigenvalue weighted by atomic mass is 9.91. The maximum atomic E-state index is 12.2. The summed E-state index contributed by atoms with van der Waals surface area (Å²) in [6.45, 7) is 6.82. The van der Waals surface area contributed by atoms with E-state index >= 15 is 0 Å². The summed E-state index contributed by atoms with van der Waals surface area (Å²) in [6, 6.07) is 4.74. The fourth-order valence-electron chi connectivity index (χ4n) is 2.28. The van der Waals surface area contributed by atoms with Gasteiger partial charge in [0, 0.05) is 12.2 Å². The zero-order valence-electron chi connectivity index (χ0n) is 12.7. The number of nitrogens with one attached hydrogen (secondary N) is 2. The Morgan fingerprint density at radius 2 is 2.00 bits per heavy atom. The molecular formula is C15H22N2O3S. The van der Waals surface area contributed by atoms with Gasteiger partial charge in [0.05, 0.1) is 11.3 Å². The molecule has 0 spiro atoms. The smallest absolute Gasteiger partial charge is 0.240 e. The largest absolute Gasteiger partial charge is 0.326 e. The number of anilines is 1. The molecule has 21 heavy (non-hydrogen) atoms. The molecule has 1 aliphatic heterocycles. The fraction of sp³-hybridized carbons (Fsp3) is 0.533. The molecule has 0 atom stereocenters. The molecule has 0 radical (unpaired) electrons. The Kier molecular flexibility index (Phi) is 4.39. The van der Waals surface area contributed by atoms with E-state index in [1.165, 1.54) is 6.07 Å². The molecule has 1 aliphatic rings. The third-order valence-electron chi connectivity index (χ3n) is 3.41. The Bertz CT molecular complexity index is 645. The first-order valence-electron chi connectivity index (χ1n) is 7.10. The summed E-state index contributed by atoms with van der Waals surface area (Å²) in [4.78, 5) is 11.5. The van der Waals surface area contributed by atoms with Crippen molar-refractivity contribution in [1.29, 1.82) is 0 Å². The van der Waals surface area contributed by atoms with Crippen molar-refractivity contribution in [2.45, 2.75) is 44.9 Å². The first kappa shape index (κ1) is 16.0. The molecule has 0 aromatic heterocycles. The molecule has 6 heteroatoms. The summed E-state index contributed by atoms with van der Waals surface area (Å²) in [7, 11) is -3.51. The van der Waals surface area contributed by atoms with Gasteiger partial charge in [0.15, 0.2) is 0 Å². The van der Waals surface area contributed by atoms with Crippen LogP contribution in [0.5, 0.6) is 0 Å². The van der Waals surface area contributed by atoms with Gasteiger partial charge in [0.25, 0.3) is 0 Å². The molecular weight excluding hydrogens is 288 g/mol. The van der Waals surface area contributed by atoms with Gasteiger partial charge in [-0.1, -0.05) is 20.8 Å². The van der Waals surface area contributed by atoms with E-state index in [1.54, 1.807) is 12.1 Å². The number of fused-ring (bicyclic) bond motifs is 1. The average molecular weight is 310 g/mol. The van der Waals surface area contributed by atoms with Crippen LogP contribution in [0.15, 0.2) is 23.1 Å². The van der Waals surface area contributed by atoms with Gasteiger partial charge in [0.1, 0.15) is 0 Å². The lowest BCUT2D eigenvalue weighted by Gasteiger charge is -2.17. The topological polar surface area (TPSA) is 75.3 Å². The van der Waals surface area contributed by atoms with Crippen LogP contribution >= 0.6 is 0 Å². The minimum atomic E-state index is -3.51. The van der Waals surface area contributed by atoms with E-state index < -0.39 is 10.0 Å². The van der Waals surface area contributed by atoms with Gasteiger partial charge >= 0.3 is 0 Å². The summed E-state index contributed by atoms with van der Waals surface area (Å²) in [5, 5.41) is 2.69. The van der Waals surface area contributed by atoms with E-state index in [9.17, 15) is 13.2 Å². The van der Waals surface area contributed by atoms with Crippen molar-refractivity contribution >= 4 is 21.6 Å². The molecule has 2 rings (SSSR count). The van der Waals surface area contributed by atoms with Crippen LogP contribution in [-0.2, 0) is 21.2 Å². The van der Waals surface area contributed by atoms with E-state index in [0.717, 1.165) is 18.4 Å². The predicted octanol–water partition coefficient (Wildman–Crippen LogP) is 2.29. The van der Waals surface area contributed by atoms with E-state index in [1.807, 2.05) is 0 Å². The van der Waals surface area contributed by atoms with E-state index in [-0.39, 0.29) is 22.6 Å². The molecule has 0 fully saturated rings. The highest BCUT2D eigenvalue weighted by molar-refractivity contribution is 7.89. The second-order valence-electron chi connectivity index (χ2n) is 6.61. The first-order chi connectivity index (χ1) is 9.67. The molecule has 0 unspecified atom stereocenters. The van der Waals surface area contributed by atoms with Crippen LogP contribution in [0.4, 0.5) is 5.69 Å². The van der Waals surface area contributed by atoms with Crippen LogP contribution in [0, 0.1) is 5.41 Å². The van der Waals surface area contributed by atoms with Crippen molar-refractivity contribution < 1.29 is 13.2 Å². The SMILES string of the molecule is CC(C)(C)CCCNS(=O)(=O)c1ccc2c(c1)CC(=O)N2. The van der Waals surface area contributed by atoms with Crippen LogP contribution in [-0.4, -0.2) is 20.9 Å². The van der Waals surface area contributed by atoms with Crippen LogP contribution < -0.4 is 10.0 Å². The number of hydrogen-bond donors (Lipinski definition) is 2. The number of hydrogen-bond acceptors (Lipinski definition) is 3. The third-order valence-corrected chi connectivity index (χ3v) is 4.87. The number of benzene rings is 1. The standard InChI is InChI=1S/C15H22N2O3S/c1-15(2,3)7-4-8-16-21(19,20)12-5-6-13-11(9-12)10-14(18)17-13/h5-6,9,16H,4,7-8,10H2,1-3H3,(H,17,18). The molecule has 1 aromatic rings. The number of sulfonamides is 1. The summed E-state index contributed by atoms with van der Waals surface area (Å²) >= 11 is 0. The monoisotopic (exact) mass is 310 g/mol. The highest BCUT2D eigenvalue weighted by Crippen LogP contribution is 2.26. The number of carbonyl (C=O) groups is 1. The van der Waals surface area contributed by atoms with E-state index in [2.05, 4.69) is 30.8 Å². The fourth-order valence-corrected chi connectivity index (χ4v) is 3.41. The highest BCUT2D eigenvalue weighted by Gasteiger charge is 2.21. The molecule has 1 amide bonds. The van der Waals surface area contributed by atoms with Crippen LogP contribution in [0.1, 0.15) is 39.2 Å². The minimum Gasteiger partial charge on any atom is -0.326 e. The van der Waals surface area contributed by atoms with Crippen molar-refractivity contribution in [2.75, 3.05) is 11.9 Å². The number of rotatable bonds is 5. The maximum Gasteiger partial charge on any atom is 0.240 e. The van der Waals surface area contributed by atoms with Crippen LogP contribution in [0.25, 0.3) is 0 Å². The third kappa shape index (κ3) is 4.28. The second-order valence-corrected chi connectivity index (χ2v) is 8.37. The van der Waals surface area contributed by atoms with Gasteiger partial charge in [-0.2, -0.15) is 0 Å². The van der Waals surface area contributed by atoms with E-state index in [4.69, 9.17) is 0 Å². The van der Waals surface area contributed by atoms with Crippen molar-refractivity contribution in [3.8, 4) is 0 Å². The second kappa shape index (κ2) is 5.77. The Morgan fingerprint density at radius 3 is 2.67 bits per heavy atom. The molecule has 116 valence electrons. The molecule has 0 saturated heterocycles. The quantitative estimate of drug-likeness (QED) is 0.819. The highest BCUT2D eigenvalue weighted by atomic mass is 32.2. The number of carbonyl (C=O) groups excluding carboxylic acids is 1. The maximum absolute atomic E-state index is 12.2. The summed E-state index contributed by atoms with van der Waals surface area (Å²) < 4.78 is 27.1. The van der Waals surface area contributed by atoms with Crippen molar-refractivity contribution in [3.05, 3.63) is 23.8 Å². The molecule has 2 N–H and O–H groups in total. The van der Waals surface area contributed by atoms with Gasteiger partial charge < -0.3 is 5.32 Å². The lowest BCUT2D eigenvalue weighted by molar-refractivity contribution is -0.115. The van der Waals surface area contributed by atoms with Crippen LogP contribution in [0.2, 0.25) is 0 Å². The average Bonchev–Trinajstić information content (AvgIpc) is 2.72. The molecule has 1 aromatic carbocycles. The van der Waals surface area contributed by atoms with Gasteiger partial charge in [-0.05, 0) is 42.0 Å². The normalized spacial score (nSPS) is 14.9. The van der Waals surface area contributed by atoms with Gasteiger partial charge in [-0.15, -0.1) is 0 Å². The Morgan fingerprint density at radius 1 is 1.29 bits per heavy atom. The first-order valence-corrected chi connectivity index (χ1v) is 8.58.